The molecule has 1 N–H and O–H groups in total. The molecule has 0 radical (unpaired) electrons. The first-order valence-electron chi connectivity index (χ1n) is 16.8. The molecule has 2 atom stereocenters. The van der Waals surface area contributed by atoms with E-state index >= 15 is 0 Å². The Morgan fingerprint density at radius 1 is 0.878 bits per heavy atom. The first-order chi connectivity index (χ1) is 23.9. The van der Waals surface area contributed by atoms with E-state index in [2.05, 4.69) is 5.32 Å². The van der Waals surface area contributed by atoms with Crippen molar-refractivity contribution in [2.75, 3.05) is 52.9 Å². The summed E-state index contributed by atoms with van der Waals surface area (Å²) in [6.07, 6.45) is 8.53. The number of hydrogen-bond acceptors (Lipinski definition) is 9. The van der Waals surface area contributed by atoms with E-state index in [0.29, 0.717) is 77.1 Å². The molecular formula is C38H40N4O7. The Kier molecular flexibility index (Phi) is 7.85. The van der Waals surface area contributed by atoms with Crippen LogP contribution in [0.2, 0.25) is 0 Å². The molecule has 4 aliphatic heterocycles. The van der Waals surface area contributed by atoms with E-state index < -0.39 is 0 Å². The van der Waals surface area contributed by atoms with Crippen molar-refractivity contribution in [3.63, 3.8) is 0 Å². The summed E-state index contributed by atoms with van der Waals surface area (Å²) < 4.78 is 28.9. The highest BCUT2D eigenvalue weighted by atomic mass is 16.5. The SMILES string of the molecule is COc1cccc(C2=CN3C(=O)c4cc(OC)c(OCCCOc5cc6c(cc5OC)C(=O)N5CC7(CC7)CC5C=N6)cc4NC[C@@H]3C2)c1. The second-order valence-corrected chi connectivity index (χ2v) is 13.4. The molecule has 11 heteroatoms. The van der Waals surface area contributed by atoms with Gasteiger partial charge in [0.25, 0.3) is 11.8 Å². The number of nitrogens with one attached hydrogen (secondary N) is 1. The van der Waals surface area contributed by atoms with Crippen LogP contribution in [0.1, 0.15) is 58.4 Å². The van der Waals surface area contributed by atoms with Crippen molar-refractivity contribution in [1.82, 2.24) is 9.80 Å². The van der Waals surface area contributed by atoms with Gasteiger partial charge in [-0.25, -0.2) is 0 Å². The predicted octanol–water partition coefficient (Wildman–Crippen LogP) is 5.95. The second-order valence-electron chi connectivity index (χ2n) is 13.4. The molecule has 3 aromatic carbocycles. The number of hydrogen-bond donors (Lipinski definition) is 1. The van der Waals surface area contributed by atoms with Gasteiger partial charge in [-0.2, -0.15) is 0 Å². The number of anilines is 1. The minimum absolute atomic E-state index is 0.000235. The van der Waals surface area contributed by atoms with Gasteiger partial charge in [0.1, 0.15) is 5.75 Å². The smallest absolute Gasteiger partial charge is 0.260 e. The summed E-state index contributed by atoms with van der Waals surface area (Å²) in [5.74, 6) is 2.74. The average Bonchev–Trinajstić information content (AvgIpc) is 3.65. The average molecular weight is 665 g/mol. The standard InChI is InChI=1S/C38H40N4O7/c1-45-27-7-4-6-23(13-27)24-12-25-19-39-30-16-34(32(46-2)14-28(30)36(43)41(25)21-24)48-10-5-11-49-35-17-31-29(15-33(35)47-3)37(44)42-22-38(8-9-38)18-26(42)20-40-31/h4,6-7,13-17,20-21,25-26,39H,5,8-12,18-19,22H2,1-3H3/t25-,26?/m0/s1. The lowest BCUT2D eigenvalue weighted by molar-refractivity contribution is 0.0765. The number of aliphatic imine (C=N–C) groups is 1. The van der Waals surface area contributed by atoms with Gasteiger partial charge < -0.3 is 38.8 Å². The molecule has 8 rings (SSSR count). The number of methoxy groups -OCH3 is 3. The fourth-order valence-electron chi connectivity index (χ4n) is 7.45. The summed E-state index contributed by atoms with van der Waals surface area (Å²) in [5, 5.41) is 3.47. The maximum absolute atomic E-state index is 13.8. The molecular weight excluding hydrogens is 624 g/mol. The van der Waals surface area contributed by atoms with Crippen molar-refractivity contribution in [2.45, 2.75) is 44.2 Å². The summed E-state index contributed by atoms with van der Waals surface area (Å²) in [4.78, 5) is 35.7. The zero-order valence-corrected chi connectivity index (χ0v) is 28.0. The van der Waals surface area contributed by atoms with E-state index in [1.807, 2.05) is 52.5 Å². The van der Waals surface area contributed by atoms with E-state index in [1.54, 1.807) is 39.5 Å². The first-order valence-corrected chi connectivity index (χ1v) is 16.8. The molecule has 11 nitrogen and oxygen atoms in total. The third-order valence-electron chi connectivity index (χ3n) is 10.3. The molecule has 4 heterocycles. The molecule has 1 aliphatic carbocycles. The van der Waals surface area contributed by atoms with Crippen LogP contribution in [-0.4, -0.2) is 87.5 Å². The number of benzene rings is 3. The predicted molar refractivity (Wildman–Crippen MR) is 185 cm³/mol. The van der Waals surface area contributed by atoms with Crippen LogP contribution in [-0.2, 0) is 0 Å². The molecule has 0 aromatic heterocycles. The molecule has 1 spiro atoms. The fourth-order valence-corrected chi connectivity index (χ4v) is 7.45. The number of ether oxygens (including phenoxy) is 5. The molecule has 49 heavy (non-hydrogen) atoms. The summed E-state index contributed by atoms with van der Waals surface area (Å²) in [6, 6.07) is 15.0. The van der Waals surface area contributed by atoms with Crippen molar-refractivity contribution in [2.24, 2.45) is 10.4 Å². The van der Waals surface area contributed by atoms with Crippen molar-refractivity contribution < 1.29 is 33.3 Å². The number of fused-ring (bicyclic) bond motifs is 4. The van der Waals surface area contributed by atoms with Crippen molar-refractivity contribution in [3.8, 4) is 28.7 Å². The summed E-state index contributed by atoms with van der Waals surface area (Å²) in [6.45, 7) is 2.10. The normalized spacial score (nSPS) is 21.1. The zero-order valence-electron chi connectivity index (χ0n) is 28.0. The molecule has 1 saturated heterocycles. The van der Waals surface area contributed by atoms with Crippen LogP contribution in [0.3, 0.4) is 0 Å². The third-order valence-corrected chi connectivity index (χ3v) is 10.3. The Bertz CT molecular complexity index is 1880. The van der Waals surface area contributed by atoms with Gasteiger partial charge in [0, 0.05) is 44.1 Å². The van der Waals surface area contributed by atoms with Crippen LogP contribution in [0.4, 0.5) is 11.4 Å². The Hall–Kier alpha value is -5.19. The first kappa shape index (κ1) is 31.1. The topological polar surface area (TPSA) is 111 Å². The fraction of sp³-hybridized carbons (Fsp3) is 0.395. The van der Waals surface area contributed by atoms with Crippen LogP contribution in [0.25, 0.3) is 5.57 Å². The lowest BCUT2D eigenvalue weighted by Gasteiger charge is -2.21. The zero-order chi connectivity index (χ0) is 33.7. The van der Waals surface area contributed by atoms with Crippen LogP contribution in [0.5, 0.6) is 28.7 Å². The van der Waals surface area contributed by atoms with Crippen molar-refractivity contribution >= 4 is 35.0 Å². The van der Waals surface area contributed by atoms with Gasteiger partial charge in [0.15, 0.2) is 23.0 Å². The summed E-state index contributed by atoms with van der Waals surface area (Å²) in [7, 11) is 4.79. The second kappa shape index (κ2) is 12.4. The van der Waals surface area contributed by atoms with Crippen LogP contribution in [0.15, 0.2) is 59.7 Å². The number of amides is 2. The van der Waals surface area contributed by atoms with Gasteiger partial charge >= 0.3 is 0 Å². The summed E-state index contributed by atoms with van der Waals surface area (Å²) >= 11 is 0. The quantitative estimate of drug-likeness (QED) is 0.265. The Morgan fingerprint density at radius 2 is 1.63 bits per heavy atom. The van der Waals surface area contributed by atoms with Gasteiger partial charge in [-0.1, -0.05) is 12.1 Å². The lowest BCUT2D eigenvalue weighted by atomic mass is 10.0. The molecule has 1 unspecified atom stereocenters. The van der Waals surface area contributed by atoms with E-state index in [0.717, 1.165) is 36.3 Å². The van der Waals surface area contributed by atoms with Gasteiger partial charge in [0.05, 0.1) is 69.1 Å². The molecule has 5 aliphatic rings. The molecule has 3 aromatic rings. The Labute approximate surface area is 285 Å². The van der Waals surface area contributed by atoms with Crippen LogP contribution in [0, 0.1) is 5.41 Å². The minimum atomic E-state index is -0.0888. The highest BCUT2D eigenvalue weighted by Gasteiger charge is 2.53. The molecule has 254 valence electrons. The molecule has 1 saturated carbocycles. The van der Waals surface area contributed by atoms with Crippen molar-refractivity contribution in [3.05, 3.63) is 71.4 Å². The Morgan fingerprint density at radius 3 is 2.37 bits per heavy atom. The molecule has 2 fully saturated rings. The van der Waals surface area contributed by atoms with Crippen molar-refractivity contribution in [1.29, 1.82) is 0 Å². The monoisotopic (exact) mass is 664 g/mol. The number of carbonyl (C=O) groups excluding carboxylic acids is 2. The lowest BCUT2D eigenvalue weighted by Crippen LogP contribution is -2.35. The van der Waals surface area contributed by atoms with E-state index in [1.165, 1.54) is 12.8 Å². The maximum atomic E-state index is 13.8. The third kappa shape index (κ3) is 5.70. The number of carbonyl (C=O) groups is 2. The highest BCUT2D eigenvalue weighted by Crippen LogP contribution is 2.55. The summed E-state index contributed by atoms with van der Waals surface area (Å²) in [5.41, 5.74) is 4.81. The van der Waals surface area contributed by atoms with E-state index in [4.69, 9.17) is 28.7 Å². The van der Waals surface area contributed by atoms with Gasteiger partial charge in [0.2, 0.25) is 0 Å². The van der Waals surface area contributed by atoms with E-state index in [-0.39, 0.29) is 23.9 Å². The number of rotatable bonds is 10. The van der Waals surface area contributed by atoms with E-state index in [9.17, 15) is 9.59 Å². The highest BCUT2D eigenvalue weighted by molar-refractivity contribution is 6.04. The largest absolute Gasteiger partial charge is 0.497 e. The maximum Gasteiger partial charge on any atom is 0.260 e. The molecule has 2 amide bonds. The number of nitrogens with zero attached hydrogens (tertiary/aromatic N) is 3. The Balaban J connectivity index is 0.914. The minimum Gasteiger partial charge on any atom is -0.497 e. The van der Waals surface area contributed by atoms with Gasteiger partial charge in [-0.3, -0.25) is 14.6 Å². The van der Waals surface area contributed by atoms with Crippen LogP contribution < -0.4 is 29.0 Å². The van der Waals surface area contributed by atoms with Crippen LogP contribution >= 0.6 is 0 Å². The van der Waals surface area contributed by atoms with Gasteiger partial charge in [-0.15, -0.1) is 0 Å². The van der Waals surface area contributed by atoms with Gasteiger partial charge in [-0.05, 0) is 66.5 Å². The molecule has 0 bridgehead atoms.